The van der Waals surface area contributed by atoms with Gasteiger partial charge in [0.25, 0.3) is 0 Å². The lowest BCUT2D eigenvalue weighted by Crippen LogP contribution is -2.33. The minimum Gasteiger partial charge on any atom is -0.460 e. The maximum atomic E-state index is 11.6. The van der Waals surface area contributed by atoms with Crippen molar-refractivity contribution in [2.24, 2.45) is 0 Å². The van der Waals surface area contributed by atoms with Crippen LogP contribution in [0.5, 0.6) is 0 Å². The third-order valence-corrected chi connectivity index (χ3v) is 2.09. The molecule has 0 saturated heterocycles. The summed E-state index contributed by atoms with van der Waals surface area (Å²) in [7, 11) is 3.56. The summed E-state index contributed by atoms with van der Waals surface area (Å²) in [5.74, 6) is -0.362. The van der Waals surface area contributed by atoms with Crippen LogP contribution in [-0.2, 0) is 14.3 Å². The lowest BCUT2D eigenvalue weighted by molar-refractivity contribution is -0.156. The van der Waals surface area contributed by atoms with E-state index in [9.17, 15) is 9.59 Å². The van der Waals surface area contributed by atoms with Crippen LogP contribution in [0.4, 0.5) is 0 Å². The maximum absolute atomic E-state index is 11.6. The number of rotatable bonds is 6. The molecule has 0 saturated carbocycles. The average molecular weight is 244 g/mol. The number of ether oxygens (including phenoxy) is 1. The molecule has 5 heteroatoms. The molecule has 100 valence electrons. The largest absolute Gasteiger partial charge is 0.460 e. The Kier molecular flexibility index (Phi) is 6.80. The van der Waals surface area contributed by atoms with Gasteiger partial charge in [-0.2, -0.15) is 0 Å². The molecule has 0 bridgehead atoms. The summed E-state index contributed by atoms with van der Waals surface area (Å²) in [6, 6.07) is 0. The lowest BCUT2D eigenvalue weighted by Gasteiger charge is -2.20. The summed E-state index contributed by atoms with van der Waals surface area (Å²) < 4.78 is 5.13. The van der Waals surface area contributed by atoms with E-state index in [4.69, 9.17) is 4.74 Å². The van der Waals surface area contributed by atoms with Gasteiger partial charge in [0.05, 0.1) is 6.42 Å². The van der Waals surface area contributed by atoms with Gasteiger partial charge in [-0.3, -0.25) is 9.59 Å². The number of nitrogens with zero attached hydrogens (tertiary/aromatic N) is 1. The molecule has 0 rings (SSSR count). The fourth-order valence-electron chi connectivity index (χ4n) is 1.20. The number of esters is 1. The van der Waals surface area contributed by atoms with Crippen molar-refractivity contribution >= 4 is 11.9 Å². The molecule has 1 N–H and O–H groups in total. The Hall–Kier alpha value is -1.10. The molecule has 0 aromatic carbocycles. The lowest BCUT2D eigenvalue weighted by atomic mass is 10.2. The van der Waals surface area contributed by atoms with Gasteiger partial charge >= 0.3 is 5.97 Å². The van der Waals surface area contributed by atoms with Gasteiger partial charge in [-0.1, -0.05) is 0 Å². The third kappa shape index (κ3) is 8.68. The van der Waals surface area contributed by atoms with Crippen molar-refractivity contribution in [2.75, 3.05) is 27.2 Å². The van der Waals surface area contributed by atoms with Crippen LogP contribution < -0.4 is 5.32 Å². The highest BCUT2D eigenvalue weighted by molar-refractivity contribution is 5.81. The maximum Gasteiger partial charge on any atom is 0.306 e. The quantitative estimate of drug-likeness (QED) is 0.702. The topological polar surface area (TPSA) is 58.6 Å². The van der Waals surface area contributed by atoms with E-state index < -0.39 is 5.60 Å². The molecule has 0 radical (unpaired) electrons. The number of nitrogens with one attached hydrogen (secondary N) is 1. The first-order valence-corrected chi connectivity index (χ1v) is 5.86. The van der Waals surface area contributed by atoms with E-state index in [-0.39, 0.29) is 24.7 Å². The molecular weight excluding hydrogens is 220 g/mol. The van der Waals surface area contributed by atoms with E-state index >= 15 is 0 Å². The van der Waals surface area contributed by atoms with Crippen LogP contribution >= 0.6 is 0 Å². The molecule has 0 heterocycles. The van der Waals surface area contributed by atoms with Crippen molar-refractivity contribution in [1.29, 1.82) is 0 Å². The highest BCUT2D eigenvalue weighted by atomic mass is 16.6. The summed E-state index contributed by atoms with van der Waals surface area (Å²) >= 11 is 0. The highest BCUT2D eigenvalue weighted by Crippen LogP contribution is 2.09. The molecule has 0 unspecified atom stereocenters. The molecule has 0 aliphatic heterocycles. The van der Waals surface area contributed by atoms with Crippen molar-refractivity contribution in [3.63, 3.8) is 0 Å². The minimum absolute atomic E-state index is 0.0360. The van der Waals surface area contributed by atoms with Gasteiger partial charge in [0, 0.05) is 26.6 Å². The predicted molar refractivity (Wildman–Crippen MR) is 66.6 cm³/mol. The van der Waals surface area contributed by atoms with Crippen LogP contribution in [0.25, 0.3) is 0 Å². The van der Waals surface area contributed by atoms with Gasteiger partial charge in [-0.15, -0.1) is 0 Å². The van der Waals surface area contributed by atoms with Gasteiger partial charge in [0.15, 0.2) is 0 Å². The number of amides is 1. The van der Waals surface area contributed by atoms with Crippen molar-refractivity contribution in [3.05, 3.63) is 0 Å². The molecule has 0 atom stereocenters. The zero-order valence-corrected chi connectivity index (χ0v) is 11.5. The Balaban J connectivity index is 3.87. The van der Waals surface area contributed by atoms with Gasteiger partial charge < -0.3 is 15.0 Å². The second-order valence-corrected chi connectivity index (χ2v) is 5.01. The number of likely N-dealkylation sites (N-methyl/N-ethyl adjacent to an activating group) is 2. The van der Waals surface area contributed by atoms with E-state index in [0.717, 1.165) is 6.54 Å². The monoisotopic (exact) mass is 244 g/mol. The molecule has 0 spiro atoms. The van der Waals surface area contributed by atoms with Gasteiger partial charge in [-0.05, 0) is 27.8 Å². The number of hydrogen-bond donors (Lipinski definition) is 1. The molecule has 0 aromatic heterocycles. The van der Waals surface area contributed by atoms with E-state index in [2.05, 4.69) is 5.32 Å². The molecule has 5 nitrogen and oxygen atoms in total. The van der Waals surface area contributed by atoms with Crippen LogP contribution in [-0.4, -0.2) is 49.6 Å². The fourth-order valence-corrected chi connectivity index (χ4v) is 1.20. The molecule has 17 heavy (non-hydrogen) atoms. The number of carbonyl (C=O) groups is 2. The Labute approximate surface area is 103 Å². The molecule has 1 amide bonds. The first-order chi connectivity index (χ1) is 7.76. The summed E-state index contributed by atoms with van der Waals surface area (Å²) in [6.07, 6.45) is 0.342. The van der Waals surface area contributed by atoms with Crippen molar-refractivity contribution in [3.8, 4) is 0 Å². The second kappa shape index (κ2) is 7.27. The van der Waals surface area contributed by atoms with E-state index in [1.807, 2.05) is 27.8 Å². The summed E-state index contributed by atoms with van der Waals surface area (Å²) in [4.78, 5) is 24.6. The summed E-state index contributed by atoms with van der Waals surface area (Å²) in [5, 5.41) is 2.96. The first kappa shape index (κ1) is 15.9. The first-order valence-electron chi connectivity index (χ1n) is 5.86. The molecular formula is C12H24N2O3. The molecule has 0 aliphatic carbocycles. The summed E-state index contributed by atoms with van der Waals surface area (Å²) in [6.45, 7) is 6.82. The standard InChI is InChI=1S/C12H24N2O3/c1-12(2,3)17-11(16)7-6-10(15)14(5)9-8-13-4/h13H,6-9H2,1-5H3. The summed E-state index contributed by atoms with van der Waals surface area (Å²) in [5.41, 5.74) is -0.488. The zero-order valence-electron chi connectivity index (χ0n) is 11.5. The van der Waals surface area contributed by atoms with E-state index in [0.29, 0.717) is 6.54 Å². The Morgan fingerprint density at radius 1 is 1.24 bits per heavy atom. The Morgan fingerprint density at radius 3 is 2.29 bits per heavy atom. The van der Waals surface area contributed by atoms with Crippen molar-refractivity contribution in [2.45, 2.75) is 39.2 Å². The average Bonchev–Trinajstić information content (AvgIpc) is 2.20. The zero-order chi connectivity index (χ0) is 13.5. The van der Waals surface area contributed by atoms with Crippen molar-refractivity contribution < 1.29 is 14.3 Å². The van der Waals surface area contributed by atoms with Crippen LogP contribution in [0.15, 0.2) is 0 Å². The van der Waals surface area contributed by atoms with Gasteiger partial charge in [-0.25, -0.2) is 0 Å². The fraction of sp³-hybridized carbons (Fsp3) is 0.833. The second-order valence-electron chi connectivity index (χ2n) is 5.01. The van der Waals surface area contributed by atoms with E-state index in [1.165, 1.54) is 0 Å². The number of carbonyl (C=O) groups excluding carboxylic acids is 2. The van der Waals surface area contributed by atoms with Gasteiger partial charge in [0.1, 0.15) is 5.60 Å². The third-order valence-electron chi connectivity index (χ3n) is 2.09. The molecule has 0 aromatic rings. The molecule has 0 aliphatic rings. The SMILES string of the molecule is CNCCN(C)C(=O)CCC(=O)OC(C)(C)C. The molecule has 0 fully saturated rings. The van der Waals surface area contributed by atoms with Crippen LogP contribution in [0.1, 0.15) is 33.6 Å². The van der Waals surface area contributed by atoms with Crippen LogP contribution in [0, 0.1) is 0 Å². The van der Waals surface area contributed by atoms with Crippen LogP contribution in [0.2, 0.25) is 0 Å². The van der Waals surface area contributed by atoms with Crippen molar-refractivity contribution in [1.82, 2.24) is 10.2 Å². The minimum atomic E-state index is -0.488. The van der Waals surface area contributed by atoms with Gasteiger partial charge in [0.2, 0.25) is 5.91 Å². The van der Waals surface area contributed by atoms with Crippen LogP contribution in [0.3, 0.4) is 0 Å². The Bertz CT molecular complexity index is 259. The normalized spacial score (nSPS) is 11.1. The van der Waals surface area contributed by atoms with E-state index in [1.54, 1.807) is 11.9 Å². The highest BCUT2D eigenvalue weighted by Gasteiger charge is 2.17. The smallest absolute Gasteiger partial charge is 0.306 e. The number of hydrogen-bond acceptors (Lipinski definition) is 4. The Morgan fingerprint density at radius 2 is 1.82 bits per heavy atom. The predicted octanol–water partition coefficient (Wildman–Crippen LogP) is 0.786.